The Hall–Kier alpha value is -3.46. The lowest BCUT2D eigenvalue weighted by Crippen LogP contribution is -2.55. The summed E-state index contributed by atoms with van der Waals surface area (Å²) in [4.78, 5) is 39.9. The third-order valence-corrected chi connectivity index (χ3v) is 5.21. The van der Waals surface area contributed by atoms with E-state index in [-0.39, 0.29) is 44.3 Å². The van der Waals surface area contributed by atoms with Crippen molar-refractivity contribution in [1.29, 1.82) is 0 Å². The molecular weight excluding hydrogens is 424 g/mol. The highest BCUT2D eigenvalue weighted by Gasteiger charge is 2.28. The van der Waals surface area contributed by atoms with Gasteiger partial charge in [-0.15, -0.1) is 0 Å². The van der Waals surface area contributed by atoms with Gasteiger partial charge in [-0.25, -0.2) is 4.79 Å². The molecular formula is C21H21ClN4O5. The number of anilines is 1. The zero-order valence-electron chi connectivity index (χ0n) is 16.6. The number of fused-ring (bicyclic) bond motifs is 1. The van der Waals surface area contributed by atoms with E-state index in [0.29, 0.717) is 35.3 Å². The van der Waals surface area contributed by atoms with E-state index in [2.05, 4.69) is 10.6 Å². The average molecular weight is 445 g/mol. The van der Waals surface area contributed by atoms with Crippen LogP contribution in [0.2, 0.25) is 5.02 Å². The summed E-state index contributed by atoms with van der Waals surface area (Å²) < 4.78 is 10.6. The van der Waals surface area contributed by atoms with Crippen LogP contribution in [0.5, 0.6) is 11.5 Å². The summed E-state index contributed by atoms with van der Waals surface area (Å²) in [5.74, 6) is 0.773. The molecule has 2 aliphatic heterocycles. The zero-order valence-corrected chi connectivity index (χ0v) is 17.4. The Kier molecular flexibility index (Phi) is 6.13. The number of hydrogen-bond donors (Lipinski definition) is 2. The van der Waals surface area contributed by atoms with E-state index in [1.165, 1.54) is 9.80 Å². The third-order valence-electron chi connectivity index (χ3n) is 4.96. The monoisotopic (exact) mass is 444 g/mol. The quantitative estimate of drug-likeness (QED) is 0.735. The second-order valence-corrected chi connectivity index (χ2v) is 7.57. The van der Waals surface area contributed by atoms with E-state index in [9.17, 15) is 14.4 Å². The summed E-state index contributed by atoms with van der Waals surface area (Å²) in [6.07, 6.45) is 0. The maximum absolute atomic E-state index is 12.4. The van der Waals surface area contributed by atoms with Crippen molar-refractivity contribution in [3.8, 4) is 11.5 Å². The molecule has 4 rings (SSSR count). The van der Waals surface area contributed by atoms with Gasteiger partial charge in [0.1, 0.15) is 6.54 Å². The van der Waals surface area contributed by atoms with Gasteiger partial charge in [-0.1, -0.05) is 17.7 Å². The molecule has 31 heavy (non-hydrogen) atoms. The topological polar surface area (TPSA) is 100 Å². The molecule has 162 valence electrons. The number of nitrogens with zero attached hydrogens (tertiary/aromatic N) is 2. The lowest BCUT2D eigenvalue weighted by atomic mass is 10.2. The number of carbonyl (C=O) groups is 3. The first-order valence-electron chi connectivity index (χ1n) is 9.72. The summed E-state index contributed by atoms with van der Waals surface area (Å²) >= 11 is 5.84. The standard InChI is InChI=1S/C21H21ClN4O5/c22-15-2-4-16(5-3-15)24-21(29)26-8-7-25(20(28)12-26)11-19(27)23-10-14-1-6-17-18(9-14)31-13-30-17/h1-6,9H,7-8,10-13H2,(H,23,27)(H,24,29). The van der Waals surface area contributed by atoms with Crippen LogP contribution >= 0.6 is 11.6 Å². The molecule has 0 aromatic heterocycles. The van der Waals surface area contributed by atoms with Crippen LogP contribution in [-0.2, 0) is 16.1 Å². The largest absolute Gasteiger partial charge is 0.454 e. The van der Waals surface area contributed by atoms with E-state index in [1.807, 2.05) is 12.1 Å². The van der Waals surface area contributed by atoms with Gasteiger partial charge in [0, 0.05) is 30.3 Å². The molecule has 2 N–H and O–H groups in total. The van der Waals surface area contributed by atoms with Gasteiger partial charge >= 0.3 is 6.03 Å². The van der Waals surface area contributed by atoms with Crippen LogP contribution in [0.25, 0.3) is 0 Å². The summed E-state index contributed by atoms with van der Waals surface area (Å²) in [6.45, 7) is 0.972. The Balaban J connectivity index is 1.23. The Morgan fingerprint density at radius 2 is 1.81 bits per heavy atom. The van der Waals surface area contributed by atoms with E-state index >= 15 is 0 Å². The summed E-state index contributed by atoms with van der Waals surface area (Å²) in [5.41, 5.74) is 1.46. The normalized spacial score (nSPS) is 15.1. The lowest BCUT2D eigenvalue weighted by Gasteiger charge is -2.33. The molecule has 4 amide bonds. The van der Waals surface area contributed by atoms with Crippen molar-refractivity contribution in [2.75, 3.05) is 38.3 Å². The van der Waals surface area contributed by atoms with E-state index in [4.69, 9.17) is 21.1 Å². The number of halogens is 1. The molecule has 2 heterocycles. The number of nitrogens with one attached hydrogen (secondary N) is 2. The first-order valence-corrected chi connectivity index (χ1v) is 10.1. The number of rotatable bonds is 5. The Morgan fingerprint density at radius 1 is 1.03 bits per heavy atom. The van der Waals surface area contributed by atoms with Crippen molar-refractivity contribution >= 4 is 35.1 Å². The maximum Gasteiger partial charge on any atom is 0.322 e. The van der Waals surface area contributed by atoms with Gasteiger partial charge in [-0.3, -0.25) is 9.59 Å². The molecule has 0 radical (unpaired) electrons. The van der Waals surface area contributed by atoms with Crippen LogP contribution < -0.4 is 20.1 Å². The fraction of sp³-hybridized carbons (Fsp3) is 0.286. The zero-order chi connectivity index (χ0) is 21.8. The number of carbonyl (C=O) groups excluding carboxylic acids is 3. The van der Waals surface area contributed by atoms with Crippen LogP contribution in [-0.4, -0.2) is 60.6 Å². The molecule has 2 aliphatic rings. The molecule has 0 bridgehead atoms. The summed E-state index contributed by atoms with van der Waals surface area (Å²) in [5, 5.41) is 6.09. The minimum absolute atomic E-state index is 0.0595. The lowest BCUT2D eigenvalue weighted by molar-refractivity contribution is -0.139. The number of hydrogen-bond acceptors (Lipinski definition) is 5. The molecule has 9 nitrogen and oxygen atoms in total. The van der Waals surface area contributed by atoms with Gasteiger partial charge in [0.15, 0.2) is 11.5 Å². The van der Waals surface area contributed by atoms with Crippen molar-refractivity contribution in [3.63, 3.8) is 0 Å². The van der Waals surface area contributed by atoms with E-state index < -0.39 is 0 Å². The second-order valence-electron chi connectivity index (χ2n) is 7.14. The van der Waals surface area contributed by atoms with Crippen LogP contribution in [0.15, 0.2) is 42.5 Å². The van der Waals surface area contributed by atoms with Gasteiger partial charge in [0.05, 0.1) is 6.54 Å². The Bertz CT molecular complexity index is 998. The highest BCUT2D eigenvalue weighted by atomic mass is 35.5. The first kappa shape index (κ1) is 20.8. The smallest absolute Gasteiger partial charge is 0.322 e. The van der Waals surface area contributed by atoms with Crippen molar-refractivity contribution in [2.24, 2.45) is 0 Å². The molecule has 0 unspecified atom stereocenters. The van der Waals surface area contributed by atoms with Crippen molar-refractivity contribution in [3.05, 3.63) is 53.1 Å². The fourth-order valence-electron chi connectivity index (χ4n) is 3.27. The highest BCUT2D eigenvalue weighted by Crippen LogP contribution is 2.32. The van der Waals surface area contributed by atoms with Gasteiger partial charge in [0.25, 0.3) is 0 Å². The van der Waals surface area contributed by atoms with E-state index in [1.54, 1.807) is 30.3 Å². The summed E-state index contributed by atoms with van der Waals surface area (Å²) in [6, 6.07) is 11.8. The first-order chi connectivity index (χ1) is 15.0. The van der Waals surface area contributed by atoms with Gasteiger partial charge in [-0.05, 0) is 42.0 Å². The molecule has 0 spiro atoms. The van der Waals surface area contributed by atoms with Crippen molar-refractivity contribution in [2.45, 2.75) is 6.54 Å². The molecule has 0 atom stereocenters. The third kappa shape index (κ3) is 5.18. The fourth-order valence-corrected chi connectivity index (χ4v) is 3.39. The number of piperazine rings is 1. The molecule has 2 aromatic carbocycles. The van der Waals surface area contributed by atoms with Crippen LogP contribution in [0.3, 0.4) is 0 Å². The van der Waals surface area contributed by atoms with Gasteiger partial charge in [0.2, 0.25) is 18.6 Å². The van der Waals surface area contributed by atoms with Crippen LogP contribution in [0.1, 0.15) is 5.56 Å². The Morgan fingerprint density at radius 3 is 2.58 bits per heavy atom. The number of amides is 4. The second kappa shape index (κ2) is 9.13. The number of benzene rings is 2. The maximum atomic E-state index is 12.4. The average Bonchev–Trinajstić information content (AvgIpc) is 3.23. The SMILES string of the molecule is O=C(CN1CCN(C(=O)Nc2ccc(Cl)cc2)CC1=O)NCc1ccc2c(c1)OCO2. The summed E-state index contributed by atoms with van der Waals surface area (Å²) in [7, 11) is 0. The van der Waals surface area contributed by atoms with Crippen molar-refractivity contribution < 1.29 is 23.9 Å². The van der Waals surface area contributed by atoms with Crippen LogP contribution in [0, 0.1) is 0 Å². The Labute approximate surface area is 183 Å². The number of ether oxygens (including phenoxy) is 2. The predicted molar refractivity (Wildman–Crippen MR) is 113 cm³/mol. The van der Waals surface area contributed by atoms with Gasteiger partial charge in [-0.2, -0.15) is 0 Å². The molecule has 2 aromatic rings. The van der Waals surface area contributed by atoms with Crippen molar-refractivity contribution in [1.82, 2.24) is 15.1 Å². The number of urea groups is 1. The minimum Gasteiger partial charge on any atom is -0.454 e. The molecule has 1 saturated heterocycles. The predicted octanol–water partition coefficient (Wildman–Crippen LogP) is 2.06. The van der Waals surface area contributed by atoms with Gasteiger partial charge < -0.3 is 29.9 Å². The van der Waals surface area contributed by atoms with Crippen LogP contribution in [0.4, 0.5) is 10.5 Å². The molecule has 0 aliphatic carbocycles. The minimum atomic E-state index is -0.373. The molecule has 10 heteroatoms. The molecule has 1 fully saturated rings. The van der Waals surface area contributed by atoms with E-state index in [0.717, 1.165) is 5.56 Å². The highest BCUT2D eigenvalue weighted by molar-refractivity contribution is 6.30. The molecule has 0 saturated carbocycles.